The van der Waals surface area contributed by atoms with E-state index >= 15 is 0 Å². The maximum atomic E-state index is 13.3. The molecule has 2 aromatic rings. The average molecular weight is 380 g/mol. The molecule has 0 aliphatic carbocycles. The third kappa shape index (κ3) is 3.96. The monoisotopic (exact) mass is 380 g/mol. The molecular formula is C18H21FN2O4S. The largest absolute Gasteiger partial charge is 0.381 e. The predicted octanol–water partition coefficient (Wildman–Crippen LogP) is 2.54. The topological polar surface area (TPSA) is 77.4 Å². The number of aromatic nitrogens is 1. The number of hydrogen-bond acceptors (Lipinski definition) is 4. The standard InChI is InChI=1S/C18H21FN2O4S/c1-12-7-14(3-4-16(12)19)20-18(22)17-8-15(9-21(17)2)26(23,24)11-13-5-6-25-10-13/h3-4,7-9,13H,5-6,10-11H2,1-2H3,(H,20,22)/t13-/m0/s1. The SMILES string of the molecule is Cc1cc(NC(=O)c2cc(S(=O)(=O)C[C@H]3CCOC3)cn2C)ccc1F. The lowest BCUT2D eigenvalue weighted by molar-refractivity contribution is 0.101. The van der Waals surface area contributed by atoms with Crippen molar-refractivity contribution in [1.82, 2.24) is 4.57 Å². The minimum atomic E-state index is -3.49. The van der Waals surface area contributed by atoms with E-state index in [9.17, 15) is 17.6 Å². The summed E-state index contributed by atoms with van der Waals surface area (Å²) >= 11 is 0. The summed E-state index contributed by atoms with van der Waals surface area (Å²) in [6.07, 6.45) is 2.17. The van der Waals surface area contributed by atoms with Crippen molar-refractivity contribution in [1.29, 1.82) is 0 Å². The lowest BCUT2D eigenvalue weighted by Gasteiger charge is -2.07. The van der Waals surface area contributed by atoms with E-state index in [1.807, 2.05) is 0 Å². The van der Waals surface area contributed by atoms with Gasteiger partial charge in [0.05, 0.1) is 17.3 Å². The van der Waals surface area contributed by atoms with E-state index in [1.54, 1.807) is 14.0 Å². The van der Waals surface area contributed by atoms with Gasteiger partial charge in [0.1, 0.15) is 11.5 Å². The molecule has 140 valence electrons. The Hall–Kier alpha value is -2.19. The van der Waals surface area contributed by atoms with E-state index in [4.69, 9.17) is 4.74 Å². The van der Waals surface area contributed by atoms with Gasteiger partial charge in [0.2, 0.25) is 0 Å². The Morgan fingerprint density at radius 1 is 1.38 bits per heavy atom. The maximum absolute atomic E-state index is 13.3. The summed E-state index contributed by atoms with van der Waals surface area (Å²) in [4.78, 5) is 12.6. The predicted molar refractivity (Wildman–Crippen MR) is 95.5 cm³/mol. The van der Waals surface area contributed by atoms with Crippen molar-refractivity contribution < 1.29 is 22.3 Å². The average Bonchev–Trinajstić information content (AvgIpc) is 3.20. The molecule has 2 heterocycles. The fourth-order valence-electron chi connectivity index (χ4n) is 2.97. The molecule has 3 rings (SSSR count). The maximum Gasteiger partial charge on any atom is 0.272 e. The van der Waals surface area contributed by atoms with E-state index in [0.717, 1.165) is 6.42 Å². The van der Waals surface area contributed by atoms with E-state index in [2.05, 4.69) is 5.32 Å². The van der Waals surface area contributed by atoms with Crippen LogP contribution in [0.4, 0.5) is 10.1 Å². The fourth-order valence-corrected chi connectivity index (χ4v) is 4.65. The van der Waals surface area contributed by atoms with Gasteiger partial charge in [0.15, 0.2) is 9.84 Å². The van der Waals surface area contributed by atoms with Crippen molar-refractivity contribution in [3.63, 3.8) is 0 Å². The molecule has 1 aliphatic heterocycles. The molecule has 1 atom stereocenters. The number of aryl methyl sites for hydroxylation is 2. The Morgan fingerprint density at radius 3 is 2.81 bits per heavy atom. The van der Waals surface area contributed by atoms with E-state index in [0.29, 0.717) is 24.5 Å². The second-order valence-electron chi connectivity index (χ2n) is 6.60. The van der Waals surface area contributed by atoms with Gasteiger partial charge in [-0.25, -0.2) is 12.8 Å². The van der Waals surface area contributed by atoms with Gasteiger partial charge in [-0.15, -0.1) is 0 Å². The van der Waals surface area contributed by atoms with Crippen molar-refractivity contribution in [2.24, 2.45) is 13.0 Å². The van der Waals surface area contributed by atoms with Gasteiger partial charge < -0.3 is 14.6 Å². The molecule has 0 bridgehead atoms. The number of benzene rings is 1. The number of nitrogens with zero attached hydrogens (tertiary/aromatic N) is 1. The van der Waals surface area contributed by atoms with Crippen LogP contribution in [0, 0.1) is 18.7 Å². The first kappa shape index (κ1) is 18.6. The number of anilines is 1. The molecule has 1 fully saturated rings. The third-order valence-electron chi connectivity index (χ3n) is 4.47. The number of hydrogen-bond donors (Lipinski definition) is 1. The number of amides is 1. The first-order valence-electron chi connectivity index (χ1n) is 8.30. The van der Waals surface area contributed by atoms with Crippen LogP contribution < -0.4 is 5.32 Å². The minimum Gasteiger partial charge on any atom is -0.381 e. The molecule has 26 heavy (non-hydrogen) atoms. The number of rotatable bonds is 5. The van der Waals surface area contributed by atoms with E-state index in [1.165, 1.54) is 35.0 Å². The Labute approximate surface area is 151 Å². The highest BCUT2D eigenvalue weighted by Gasteiger charge is 2.27. The molecule has 8 heteroatoms. The zero-order valence-electron chi connectivity index (χ0n) is 14.7. The summed E-state index contributed by atoms with van der Waals surface area (Å²) < 4.78 is 45.2. The summed E-state index contributed by atoms with van der Waals surface area (Å²) in [6, 6.07) is 5.63. The summed E-state index contributed by atoms with van der Waals surface area (Å²) in [7, 11) is -1.88. The number of carbonyl (C=O) groups excluding carboxylic acids is 1. The van der Waals surface area contributed by atoms with Crippen LogP contribution in [0.2, 0.25) is 0 Å². The van der Waals surface area contributed by atoms with Crippen molar-refractivity contribution >= 4 is 21.4 Å². The van der Waals surface area contributed by atoms with Crippen molar-refractivity contribution in [2.45, 2.75) is 18.2 Å². The Morgan fingerprint density at radius 2 is 2.15 bits per heavy atom. The van der Waals surface area contributed by atoms with Crippen molar-refractivity contribution in [2.75, 3.05) is 24.3 Å². The van der Waals surface area contributed by atoms with E-state index < -0.39 is 15.7 Å². The first-order valence-corrected chi connectivity index (χ1v) is 9.96. The number of sulfone groups is 1. The highest BCUT2D eigenvalue weighted by molar-refractivity contribution is 7.91. The second kappa shape index (κ2) is 7.20. The third-order valence-corrected chi connectivity index (χ3v) is 6.32. The Kier molecular flexibility index (Phi) is 5.15. The Bertz CT molecular complexity index is 931. The van der Waals surface area contributed by atoms with E-state index in [-0.39, 0.29) is 28.1 Å². The molecule has 6 nitrogen and oxygen atoms in total. The summed E-state index contributed by atoms with van der Waals surface area (Å²) in [5.41, 5.74) is 1.08. The van der Waals surface area contributed by atoms with Gasteiger partial charge >= 0.3 is 0 Å². The first-order chi connectivity index (χ1) is 12.3. The normalized spacial score (nSPS) is 17.4. The molecule has 0 radical (unpaired) electrons. The lowest BCUT2D eigenvalue weighted by atomic mass is 10.2. The highest BCUT2D eigenvalue weighted by Crippen LogP contribution is 2.22. The molecule has 1 amide bonds. The number of nitrogens with one attached hydrogen (secondary N) is 1. The smallest absolute Gasteiger partial charge is 0.272 e. The molecular weight excluding hydrogens is 359 g/mol. The molecule has 1 aromatic heterocycles. The minimum absolute atomic E-state index is 0.00916. The molecule has 1 aromatic carbocycles. The van der Waals surface area contributed by atoms with Crippen LogP contribution in [-0.4, -0.2) is 37.9 Å². The van der Waals surface area contributed by atoms with Gasteiger partial charge in [0, 0.05) is 25.5 Å². The second-order valence-corrected chi connectivity index (χ2v) is 8.64. The van der Waals surface area contributed by atoms with Crippen LogP contribution in [0.25, 0.3) is 0 Å². The van der Waals surface area contributed by atoms with Crippen LogP contribution in [0.1, 0.15) is 22.5 Å². The lowest BCUT2D eigenvalue weighted by Crippen LogP contribution is -2.16. The van der Waals surface area contributed by atoms with Gasteiger partial charge in [-0.1, -0.05) is 0 Å². The highest BCUT2D eigenvalue weighted by atomic mass is 32.2. The quantitative estimate of drug-likeness (QED) is 0.865. The molecule has 0 spiro atoms. The molecule has 1 N–H and O–H groups in total. The van der Waals surface area contributed by atoms with Gasteiger partial charge in [-0.05, 0) is 49.1 Å². The molecule has 1 saturated heterocycles. The van der Waals surface area contributed by atoms with Gasteiger partial charge in [-0.2, -0.15) is 0 Å². The molecule has 1 aliphatic rings. The summed E-state index contributed by atoms with van der Waals surface area (Å²) in [6.45, 7) is 2.63. The van der Waals surface area contributed by atoms with Crippen LogP contribution >= 0.6 is 0 Å². The summed E-state index contributed by atoms with van der Waals surface area (Å²) in [5.74, 6) is -0.815. The number of halogens is 1. The van der Waals surface area contributed by atoms with Crippen LogP contribution in [-0.2, 0) is 21.6 Å². The fraction of sp³-hybridized carbons (Fsp3) is 0.389. The molecule has 0 unspecified atom stereocenters. The van der Waals surface area contributed by atoms with Crippen LogP contribution in [0.3, 0.4) is 0 Å². The summed E-state index contributed by atoms with van der Waals surface area (Å²) in [5, 5.41) is 2.66. The van der Waals surface area contributed by atoms with Crippen molar-refractivity contribution in [3.05, 3.63) is 47.5 Å². The Balaban J connectivity index is 1.78. The zero-order valence-corrected chi connectivity index (χ0v) is 15.5. The van der Waals surface area contributed by atoms with Gasteiger partial charge in [0.25, 0.3) is 5.91 Å². The van der Waals surface area contributed by atoms with Crippen LogP contribution in [0.15, 0.2) is 35.4 Å². The van der Waals surface area contributed by atoms with Gasteiger partial charge in [-0.3, -0.25) is 4.79 Å². The molecule has 0 saturated carbocycles. The number of carbonyl (C=O) groups is 1. The van der Waals surface area contributed by atoms with Crippen LogP contribution in [0.5, 0.6) is 0 Å². The zero-order chi connectivity index (χ0) is 18.9. The van der Waals surface area contributed by atoms with Crippen molar-refractivity contribution in [3.8, 4) is 0 Å². The number of ether oxygens (including phenoxy) is 1.